The lowest BCUT2D eigenvalue weighted by Crippen LogP contribution is -2.14. The van der Waals surface area contributed by atoms with Gasteiger partial charge in [-0.3, -0.25) is 4.18 Å². The summed E-state index contributed by atoms with van der Waals surface area (Å²) >= 11 is 0. The highest BCUT2D eigenvalue weighted by molar-refractivity contribution is 7.86. The third-order valence-corrected chi connectivity index (χ3v) is 4.21. The van der Waals surface area contributed by atoms with Gasteiger partial charge in [0, 0.05) is 6.61 Å². The summed E-state index contributed by atoms with van der Waals surface area (Å²) in [5, 5.41) is 0. The molecule has 1 aromatic carbocycles. The van der Waals surface area contributed by atoms with E-state index in [0.717, 1.165) is 19.4 Å². The largest absolute Gasteiger partial charge is 0.379 e. The Kier molecular flexibility index (Phi) is 10.8. The maximum Gasteiger partial charge on any atom is 0.297 e. The molecule has 0 fully saturated rings. The van der Waals surface area contributed by atoms with Crippen LogP contribution >= 0.6 is 0 Å². The van der Waals surface area contributed by atoms with E-state index in [1.54, 1.807) is 18.2 Å². The van der Waals surface area contributed by atoms with Crippen molar-refractivity contribution in [1.29, 1.82) is 0 Å². The van der Waals surface area contributed by atoms with E-state index in [2.05, 4.69) is 6.92 Å². The maximum absolute atomic E-state index is 11.8. The lowest BCUT2D eigenvalue weighted by atomic mass is 10.4. The molecule has 132 valence electrons. The molecule has 0 aliphatic heterocycles. The second-order valence-electron chi connectivity index (χ2n) is 4.78. The Morgan fingerprint density at radius 2 is 1.30 bits per heavy atom. The summed E-state index contributed by atoms with van der Waals surface area (Å²) in [4.78, 5) is 0.145. The van der Waals surface area contributed by atoms with Crippen LogP contribution in [-0.4, -0.2) is 54.7 Å². The topological polar surface area (TPSA) is 71.1 Å². The van der Waals surface area contributed by atoms with E-state index in [1.165, 1.54) is 12.1 Å². The molecule has 0 heterocycles. The minimum absolute atomic E-state index is 0.0165. The van der Waals surface area contributed by atoms with Gasteiger partial charge >= 0.3 is 0 Å². The summed E-state index contributed by atoms with van der Waals surface area (Å²) in [6, 6.07) is 8.03. The van der Waals surface area contributed by atoms with Crippen molar-refractivity contribution in [3.05, 3.63) is 30.3 Å². The molecule has 0 spiro atoms. The van der Waals surface area contributed by atoms with Gasteiger partial charge in [0.1, 0.15) is 0 Å². The third-order valence-electron chi connectivity index (χ3n) is 2.88. The highest BCUT2D eigenvalue weighted by atomic mass is 32.2. The summed E-state index contributed by atoms with van der Waals surface area (Å²) in [5.74, 6) is 0. The standard InChI is InChI=1S/C16H26O6S/c1-2-3-9-19-10-11-20-12-13-21-14-15-22-23(17,18)16-7-5-4-6-8-16/h4-8H,2-3,9-15H2,1H3. The Bertz CT molecular complexity index is 489. The number of rotatable bonds is 14. The first-order chi connectivity index (χ1) is 11.2. The molecule has 1 rings (SSSR count). The van der Waals surface area contributed by atoms with Crippen molar-refractivity contribution in [1.82, 2.24) is 0 Å². The van der Waals surface area contributed by atoms with Crippen LogP contribution in [0.5, 0.6) is 0 Å². The zero-order chi connectivity index (χ0) is 16.8. The number of hydrogen-bond acceptors (Lipinski definition) is 6. The van der Waals surface area contributed by atoms with Gasteiger partial charge < -0.3 is 14.2 Å². The van der Waals surface area contributed by atoms with Gasteiger partial charge in [-0.1, -0.05) is 31.5 Å². The molecule has 0 aromatic heterocycles. The van der Waals surface area contributed by atoms with Crippen LogP contribution in [0.2, 0.25) is 0 Å². The van der Waals surface area contributed by atoms with E-state index in [4.69, 9.17) is 18.4 Å². The average molecular weight is 346 g/mol. The van der Waals surface area contributed by atoms with Crippen LogP contribution in [0, 0.1) is 0 Å². The first kappa shape index (κ1) is 20.1. The molecule has 0 radical (unpaired) electrons. The lowest BCUT2D eigenvalue weighted by Gasteiger charge is -2.07. The van der Waals surface area contributed by atoms with E-state index >= 15 is 0 Å². The first-order valence-electron chi connectivity index (χ1n) is 7.84. The molecule has 6 nitrogen and oxygen atoms in total. The molecule has 0 aliphatic rings. The van der Waals surface area contributed by atoms with Gasteiger partial charge in [-0.05, 0) is 18.6 Å². The second kappa shape index (κ2) is 12.4. The fourth-order valence-electron chi connectivity index (χ4n) is 1.65. The van der Waals surface area contributed by atoms with Crippen LogP contribution in [0.15, 0.2) is 35.2 Å². The van der Waals surface area contributed by atoms with Crippen molar-refractivity contribution in [3.63, 3.8) is 0 Å². The Hall–Kier alpha value is -0.990. The van der Waals surface area contributed by atoms with Crippen LogP contribution in [0.25, 0.3) is 0 Å². The molecule has 0 aliphatic carbocycles. The van der Waals surface area contributed by atoms with Gasteiger partial charge in [-0.2, -0.15) is 8.42 Å². The highest BCUT2D eigenvalue weighted by Gasteiger charge is 2.13. The Balaban J connectivity index is 1.96. The van der Waals surface area contributed by atoms with E-state index in [-0.39, 0.29) is 18.1 Å². The van der Waals surface area contributed by atoms with Gasteiger partial charge in [0.25, 0.3) is 10.1 Å². The molecular formula is C16H26O6S. The monoisotopic (exact) mass is 346 g/mol. The second-order valence-corrected chi connectivity index (χ2v) is 6.40. The Morgan fingerprint density at radius 1 is 0.783 bits per heavy atom. The van der Waals surface area contributed by atoms with Gasteiger partial charge in [0.05, 0.1) is 44.5 Å². The van der Waals surface area contributed by atoms with Gasteiger partial charge in [0.15, 0.2) is 0 Å². The highest BCUT2D eigenvalue weighted by Crippen LogP contribution is 2.10. The molecule has 7 heteroatoms. The molecule has 0 N–H and O–H groups in total. The van der Waals surface area contributed by atoms with Crippen LogP contribution < -0.4 is 0 Å². The zero-order valence-corrected chi connectivity index (χ0v) is 14.4. The lowest BCUT2D eigenvalue weighted by molar-refractivity contribution is 0.00929. The van der Waals surface area contributed by atoms with Gasteiger partial charge in [-0.25, -0.2) is 0 Å². The molecule has 0 saturated heterocycles. The fraction of sp³-hybridized carbons (Fsp3) is 0.625. The van der Waals surface area contributed by atoms with Crippen LogP contribution in [0.1, 0.15) is 19.8 Å². The zero-order valence-electron chi connectivity index (χ0n) is 13.6. The number of hydrogen-bond donors (Lipinski definition) is 0. The molecule has 1 aromatic rings. The summed E-state index contributed by atoms with van der Waals surface area (Å²) in [6.45, 7) is 5.02. The Labute approximate surface area is 138 Å². The Morgan fingerprint density at radius 3 is 1.87 bits per heavy atom. The fourth-order valence-corrected chi connectivity index (χ4v) is 2.56. The van der Waals surface area contributed by atoms with E-state index < -0.39 is 10.1 Å². The van der Waals surface area contributed by atoms with Crippen molar-refractivity contribution in [2.24, 2.45) is 0 Å². The van der Waals surface area contributed by atoms with Gasteiger partial charge in [-0.15, -0.1) is 0 Å². The smallest absolute Gasteiger partial charge is 0.297 e. The first-order valence-corrected chi connectivity index (χ1v) is 9.25. The predicted octanol–water partition coefficient (Wildman–Crippen LogP) is 2.24. The van der Waals surface area contributed by atoms with E-state index in [0.29, 0.717) is 26.4 Å². The molecule has 0 unspecified atom stereocenters. The normalized spacial score (nSPS) is 11.7. The third kappa shape index (κ3) is 9.68. The number of unbranched alkanes of at least 4 members (excludes halogenated alkanes) is 1. The summed E-state index contributed by atoms with van der Waals surface area (Å²) < 4.78 is 44.4. The van der Waals surface area contributed by atoms with Crippen molar-refractivity contribution >= 4 is 10.1 Å². The van der Waals surface area contributed by atoms with Crippen LogP contribution in [-0.2, 0) is 28.5 Å². The van der Waals surface area contributed by atoms with E-state index in [1.807, 2.05) is 0 Å². The summed E-state index contributed by atoms with van der Waals surface area (Å²) in [6.07, 6.45) is 2.19. The van der Waals surface area contributed by atoms with Crippen LogP contribution in [0.3, 0.4) is 0 Å². The average Bonchev–Trinajstić information content (AvgIpc) is 2.56. The van der Waals surface area contributed by atoms with E-state index in [9.17, 15) is 8.42 Å². The van der Waals surface area contributed by atoms with Crippen molar-refractivity contribution in [3.8, 4) is 0 Å². The van der Waals surface area contributed by atoms with Crippen molar-refractivity contribution < 1.29 is 26.8 Å². The maximum atomic E-state index is 11.8. The van der Waals surface area contributed by atoms with Crippen molar-refractivity contribution in [2.45, 2.75) is 24.7 Å². The minimum Gasteiger partial charge on any atom is -0.379 e. The summed E-state index contributed by atoms with van der Waals surface area (Å²) in [5.41, 5.74) is 0. The molecule has 0 atom stereocenters. The molecule has 23 heavy (non-hydrogen) atoms. The quantitative estimate of drug-likeness (QED) is 0.380. The predicted molar refractivity (Wildman–Crippen MR) is 86.9 cm³/mol. The van der Waals surface area contributed by atoms with Crippen LogP contribution in [0.4, 0.5) is 0 Å². The SMILES string of the molecule is CCCCOCCOCCOCCOS(=O)(=O)c1ccccc1. The number of benzene rings is 1. The van der Waals surface area contributed by atoms with Crippen molar-refractivity contribution in [2.75, 3.05) is 46.2 Å². The molecule has 0 saturated carbocycles. The van der Waals surface area contributed by atoms with Gasteiger partial charge in [0.2, 0.25) is 0 Å². The molecule has 0 bridgehead atoms. The number of ether oxygens (including phenoxy) is 3. The molecule has 0 amide bonds. The minimum atomic E-state index is -3.70. The molecular weight excluding hydrogens is 320 g/mol. The summed E-state index contributed by atoms with van der Waals surface area (Å²) in [7, 11) is -3.70.